The van der Waals surface area contributed by atoms with Crippen LogP contribution < -0.4 is 15.8 Å². The Morgan fingerprint density at radius 3 is 2.47 bits per heavy atom. The molecule has 0 unspecified atom stereocenters. The summed E-state index contributed by atoms with van der Waals surface area (Å²) in [6.45, 7) is 7.28. The van der Waals surface area contributed by atoms with Crippen LogP contribution in [0.15, 0.2) is 18.2 Å². The number of hydrogen-bond donors (Lipinski definition) is 2. The molecule has 0 heterocycles. The number of anilines is 1. The average molecular weight is 266 g/mol. The quantitative estimate of drug-likeness (QED) is 0.881. The van der Waals surface area contributed by atoms with Gasteiger partial charge in [0, 0.05) is 11.7 Å². The topological polar surface area (TPSA) is 73.6 Å². The molecule has 0 radical (unpaired) electrons. The van der Waals surface area contributed by atoms with Gasteiger partial charge in [-0.1, -0.05) is 0 Å². The minimum atomic E-state index is -0.537. The number of carbonyl (C=O) groups is 1. The first-order valence-corrected chi connectivity index (χ1v) is 6.16. The van der Waals surface area contributed by atoms with E-state index in [0.29, 0.717) is 11.4 Å². The van der Waals surface area contributed by atoms with Gasteiger partial charge < -0.3 is 15.2 Å². The lowest BCUT2D eigenvalue weighted by molar-refractivity contribution is 0.0636. The SMILES string of the molecule is COc1ccc(NC(=O)OC(C)(C)C)c([C@H](C)N)c1. The maximum absolute atomic E-state index is 11.8. The van der Waals surface area contributed by atoms with E-state index in [0.717, 1.165) is 5.56 Å². The zero-order chi connectivity index (χ0) is 14.6. The van der Waals surface area contributed by atoms with Gasteiger partial charge in [0.05, 0.1) is 7.11 Å². The van der Waals surface area contributed by atoms with Gasteiger partial charge in [-0.3, -0.25) is 5.32 Å². The molecule has 0 aromatic heterocycles. The van der Waals surface area contributed by atoms with Gasteiger partial charge in [0.1, 0.15) is 11.4 Å². The Kier molecular flexibility index (Phi) is 4.78. The first-order chi connectivity index (χ1) is 8.73. The van der Waals surface area contributed by atoms with E-state index in [1.54, 1.807) is 25.3 Å². The van der Waals surface area contributed by atoms with Crippen LogP contribution in [0.3, 0.4) is 0 Å². The normalized spacial score (nSPS) is 12.7. The third-order valence-electron chi connectivity index (χ3n) is 2.38. The van der Waals surface area contributed by atoms with Crippen molar-refractivity contribution in [1.82, 2.24) is 0 Å². The molecule has 3 N–H and O–H groups in total. The number of nitrogens with one attached hydrogen (secondary N) is 1. The second-order valence-electron chi connectivity index (χ2n) is 5.37. The van der Waals surface area contributed by atoms with E-state index < -0.39 is 11.7 Å². The molecule has 1 aromatic carbocycles. The van der Waals surface area contributed by atoms with E-state index >= 15 is 0 Å². The van der Waals surface area contributed by atoms with Crippen molar-refractivity contribution in [3.63, 3.8) is 0 Å². The predicted octanol–water partition coefficient (Wildman–Crippen LogP) is 3.06. The number of hydrogen-bond acceptors (Lipinski definition) is 4. The monoisotopic (exact) mass is 266 g/mol. The van der Waals surface area contributed by atoms with Gasteiger partial charge in [0.25, 0.3) is 0 Å². The number of rotatable bonds is 3. The second kappa shape index (κ2) is 5.93. The van der Waals surface area contributed by atoms with Crippen LogP contribution in [0.1, 0.15) is 39.3 Å². The number of nitrogens with two attached hydrogens (primary N) is 1. The lowest BCUT2D eigenvalue weighted by atomic mass is 10.1. The highest BCUT2D eigenvalue weighted by molar-refractivity contribution is 5.86. The Morgan fingerprint density at radius 2 is 2.00 bits per heavy atom. The van der Waals surface area contributed by atoms with Crippen LogP contribution in [0.4, 0.5) is 10.5 Å². The van der Waals surface area contributed by atoms with Crippen LogP contribution in [0.25, 0.3) is 0 Å². The fourth-order valence-corrected chi connectivity index (χ4v) is 1.57. The van der Waals surface area contributed by atoms with Crippen LogP contribution in [-0.2, 0) is 4.74 Å². The lowest BCUT2D eigenvalue weighted by Gasteiger charge is -2.21. The van der Waals surface area contributed by atoms with Gasteiger partial charge in [-0.25, -0.2) is 4.79 Å². The first kappa shape index (κ1) is 15.3. The standard InChI is InChI=1S/C14H22N2O3/c1-9(15)11-8-10(18-5)6-7-12(11)16-13(17)19-14(2,3)4/h6-9H,15H2,1-5H3,(H,16,17)/t9-/m0/s1. The van der Waals surface area contributed by atoms with Crippen molar-refractivity contribution in [2.24, 2.45) is 5.73 Å². The largest absolute Gasteiger partial charge is 0.497 e. The molecule has 0 aliphatic heterocycles. The van der Waals surface area contributed by atoms with Crippen molar-refractivity contribution in [3.05, 3.63) is 23.8 Å². The molecule has 19 heavy (non-hydrogen) atoms. The average Bonchev–Trinajstić information content (AvgIpc) is 2.26. The van der Waals surface area contributed by atoms with E-state index in [1.807, 2.05) is 27.7 Å². The van der Waals surface area contributed by atoms with E-state index in [2.05, 4.69) is 5.32 Å². The summed E-state index contributed by atoms with van der Waals surface area (Å²) in [5, 5.41) is 2.70. The Hall–Kier alpha value is -1.75. The summed E-state index contributed by atoms with van der Waals surface area (Å²) in [7, 11) is 1.58. The summed E-state index contributed by atoms with van der Waals surface area (Å²) in [6, 6.07) is 5.09. The molecule has 0 bridgehead atoms. The smallest absolute Gasteiger partial charge is 0.412 e. The molecule has 0 saturated carbocycles. The first-order valence-electron chi connectivity index (χ1n) is 6.16. The van der Waals surface area contributed by atoms with E-state index in [4.69, 9.17) is 15.2 Å². The van der Waals surface area contributed by atoms with Gasteiger partial charge in [-0.05, 0) is 51.5 Å². The zero-order valence-corrected chi connectivity index (χ0v) is 12.1. The predicted molar refractivity (Wildman–Crippen MR) is 75.5 cm³/mol. The Labute approximate surface area is 114 Å². The molecule has 1 amide bonds. The summed E-state index contributed by atoms with van der Waals surface area (Å²) in [5.41, 5.74) is 6.78. The summed E-state index contributed by atoms with van der Waals surface area (Å²) in [6.07, 6.45) is -0.500. The summed E-state index contributed by atoms with van der Waals surface area (Å²) >= 11 is 0. The Balaban J connectivity index is 2.91. The van der Waals surface area contributed by atoms with Gasteiger partial charge >= 0.3 is 6.09 Å². The van der Waals surface area contributed by atoms with Crippen molar-refractivity contribution in [2.75, 3.05) is 12.4 Å². The number of methoxy groups -OCH3 is 1. The molecular formula is C14H22N2O3. The molecule has 0 spiro atoms. The van der Waals surface area contributed by atoms with E-state index in [1.165, 1.54) is 0 Å². The number of benzene rings is 1. The second-order valence-corrected chi connectivity index (χ2v) is 5.37. The van der Waals surface area contributed by atoms with Crippen molar-refractivity contribution in [2.45, 2.75) is 39.3 Å². The highest BCUT2D eigenvalue weighted by Gasteiger charge is 2.18. The minimum Gasteiger partial charge on any atom is -0.497 e. The molecule has 0 saturated heterocycles. The fraction of sp³-hybridized carbons (Fsp3) is 0.500. The van der Waals surface area contributed by atoms with Crippen molar-refractivity contribution >= 4 is 11.8 Å². The molecule has 0 fully saturated rings. The highest BCUT2D eigenvalue weighted by Crippen LogP contribution is 2.26. The Morgan fingerprint density at radius 1 is 1.37 bits per heavy atom. The minimum absolute atomic E-state index is 0.222. The molecule has 1 aromatic rings. The van der Waals surface area contributed by atoms with Gasteiger partial charge in [-0.15, -0.1) is 0 Å². The van der Waals surface area contributed by atoms with Crippen LogP contribution in [0, 0.1) is 0 Å². The third-order valence-corrected chi connectivity index (χ3v) is 2.38. The molecule has 0 aliphatic rings. The summed E-state index contributed by atoms with van der Waals surface area (Å²) in [4.78, 5) is 11.8. The molecule has 106 valence electrons. The number of amides is 1. The maximum Gasteiger partial charge on any atom is 0.412 e. The molecule has 5 heteroatoms. The lowest BCUT2D eigenvalue weighted by Crippen LogP contribution is -2.27. The number of ether oxygens (including phenoxy) is 2. The summed E-state index contributed by atoms with van der Waals surface area (Å²) < 4.78 is 10.4. The van der Waals surface area contributed by atoms with E-state index in [9.17, 15) is 4.79 Å². The van der Waals surface area contributed by atoms with Gasteiger partial charge in [0.15, 0.2) is 0 Å². The van der Waals surface area contributed by atoms with Crippen LogP contribution >= 0.6 is 0 Å². The molecule has 1 atom stereocenters. The van der Waals surface area contributed by atoms with Crippen molar-refractivity contribution < 1.29 is 14.3 Å². The Bertz CT molecular complexity index is 450. The van der Waals surface area contributed by atoms with Gasteiger partial charge in [0.2, 0.25) is 0 Å². The number of carbonyl (C=O) groups excluding carboxylic acids is 1. The fourth-order valence-electron chi connectivity index (χ4n) is 1.57. The highest BCUT2D eigenvalue weighted by atomic mass is 16.6. The van der Waals surface area contributed by atoms with Crippen LogP contribution in [0.2, 0.25) is 0 Å². The maximum atomic E-state index is 11.8. The molecule has 5 nitrogen and oxygen atoms in total. The molecule has 1 rings (SSSR count). The van der Waals surface area contributed by atoms with Crippen LogP contribution in [-0.4, -0.2) is 18.8 Å². The molecule has 0 aliphatic carbocycles. The van der Waals surface area contributed by atoms with E-state index in [-0.39, 0.29) is 6.04 Å². The van der Waals surface area contributed by atoms with Gasteiger partial charge in [-0.2, -0.15) is 0 Å². The van der Waals surface area contributed by atoms with Crippen molar-refractivity contribution in [3.8, 4) is 5.75 Å². The molecular weight excluding hydrogens is 244 g/mol. The zero-order valence-electron chi connectivity index (χ0n) is 12.1. The summed E-state index contributed by atoms with van der Waals surface area (Å²) in [5.74, 6) is 0.696. The third kappa shape index (κ3) is 4.79. The van der Waals surface area contributed by atoms with Crippen molar-refractivity contribution in [1.29, 1.82) is 0 Å². The van der Waals surface area contributed by atoms with Crippen LogP contribution in [0.5, 0.6) is 5.75 Å².